The van der Waals surface area contributed by atoms with Gasteiger partial charge in [-0.3, -0.25) is 4.79 Å². The molecule has 0 spiro atoms. The van der Waals surface area contributed by atoms with Gasteiger partial charge in [-0.15, -0.1) is 0 Å². The van der Waals surface area contributed by atoms with Crippen LogP contribution in [-0.2, 0) is 4.79 Å². The second kappa shape index (κ2) is 9.70. The average Bonchev–Trinajstić information content (AvgIpc) is 2.49. The Morgan fingerprint density at radius 3 is 2.65 bits per heavy atom. The van der Waals surface area contributed by atoms with E-state index in [-0.39, 0.29) is 5.78 Å². The molecule has 0 saturated heterocycles. The third kappa shape index (κ3) is 6.33. The number of carbonyl (C=O) groups excluding carboxylic acids is 1. The van der Waals surface area contributed by atoms with Gasteiger partial charge in [0.05, 0.1) is 0 Å². The van der Waals surface area contributed by atoms with Crippen LogP contribution >= 0.6 is 0 Å². The van der Waals surface area contributed by atoms with Crippen molar-refractivity contribution in [2.24, 2.45) is 11.8 Å². The Morgan fingerprint density at radius 1 is 1.39 bits per heavy atom. The second-order valence-electron chi connectivity index (χ2n) is 7.09. The van der Waals surface area contributed by atoms with Crippen LogP contribution in [0.2, 0.25) is 0 Å². The lowest BCUT2D eigenvalue weighted by Crippen LogP contribution is -2.05. The molecule has 128 valence electrons. The molecular formula is C22H34O. The van der Waals surface area contributed by atoms with Gasteiger partial charge in [-0.05, 0) is 87.5 Å². The highest BCUT2D eigenvalue weighted by Crippen LogP contribution is 2.32. The van der Waals surface area contributed by atoms with Crippen LogP contribution in [0.5, 0.6) is 0 Å². The van der Waals surface area contributed by atoms with Gasteiger partial charge >= 0.3 is 0 Å². The van der Waals surface area contributed by atoms with Gasteiger partial charge in [-0.25, -0.2) is 0 Å². The van der Waals surface area contributed by atoms with Crippen molar-refractivity contribution < 1.29 is 4.79 Å². The monoisotopic (exact) mass is 314 g/mol. The fourth-order valence-electron chi connectivity index (χ4n) is 3.60. The molecule has 0 N–H and O–H groups in total. The predicted molar refractivity (Wildman–Crippen MR) is 101 cm³/mol. The van der Waals surface area contributed by atoms with Crippen molar-refractivity contribution in [2.45, 2.75) is 73.1 Å². The number of ketones is 1. The van der Waals surface area contributed by atoms with Crippen LogP contribution in [0.4, 0.5) is 0 Å². The second-order valence-corrected chi connectivity index (χ2v) is 7.09. The maximum Gasteiger partial charge on any atom is 0.152 e. The zero-order valence-corrected chi connectivity index (χ0v) is 15.7. The molecule has 1 aliphatic rings. The van der Waals surface area contributed by atoms with Crippen molar-refractivity contribution in [2.75, 3.05) is 0 Å². The Labute approximate surface area is 143 Å². The lowest BCUT2D eigenvalue weighted by molar-refractivity contribution is -0.112. The van der Waals surface area contributed by atoms with E-state index in [4.69, 9.17) is 0 Å². The van der Waals surface area contributed by atoms with E-state index in [9.17, 15) is 4.79 Å². The van der Waals surface area contributed by atoms with Crippen LogP contribution < -0.4 is 0 Å². The molecule has 2 atom stereocenters. The maximum absolute atomic E-state index is 11.3. The summed E-state index contributed by atoms with van der Waals surface area (Å²) >= 11 is 0. The summed E-state index contributed by atoms with van der Waals surface area (Å²) in [4.78, 5) is 11.3. The van der Waals surface area contributed by atoms with Gasteiger partial charge in [0.15, 0.2) is 5.78 Å². The zero-order valence-electron chi connectivity index (χ0n) is 15.7. The average molecular weight is 315 g/mol. The van der Waals surface area contributed by atoms with Crippen LogP contribution in [-0.4, -0.2) is 5.78 Å². The molecular weight excluding hydrogens is 280 g/mol. The minimum absolute atomic E-state index is 0.121. The molecule has 0 amide bonds. The molecule has 0 fully saturated rings. The van der Waals surface area contributed by atoms with E-state index in [0.717, 1.165) is 18.4 Å². The standard InChI is InChI=1S/C22H34O/c1-7-20(21(8-2)15-18(5)23)11-9-10-12-22-14-16(3)13-17(4)19(22)6/h8,14-16,20H,2,7,9-13H2,1,3-6H3/b21-15+. The lowest BCUT2D eigenvalue weighted by atomic mass is 9.84. The molecule has 1 nitrogen and oxygen atoms in total. The Kier molecular flexibility index (Phi) is 8.30. The highest BCUT2D eigenvalue weighted by molar-refractivity contribution is 5.88. The van der Waals surface area contributed by atoms with Crippen molar-refractivity contribution in [1.82, 2.24) is 0 Å². The number of unbranched alkanes of at least 4 members (excludes halogenated alkanes) is 1. The molecule has 0 heterocycles. The van der Waals surface area contributed by atoms with Gasteiger partial charge < -0.3 is 0 Å². The normalized spacial score (nSPS) is 20.3. The maximum atomic E-state index is 11.3. The van der Waals surface area contributed by atoms with Gasteiger partial charge in [0.2, 0.25) is 0 Å². The van der Waals surface area contributed by atoms with Crippen molar-refractivity contribution in [3.63, 3.8) is 0 Å². The highest BCUT2D eigenvalue weighted by atomic mass is 16.1. The molecule has 0 aromatic heterocycles. The Morgan fingerprint density at radius 2 is 2.09 bits per heavy atom. The summed E-state index contributed by atoms with van der Waals surface area (Å²) in [5.74, 6) is 1.27. The van der Waals surface area contributed by atoms with E-state index >= 15 is 0 Å². The molecule has 0 aromatic rings. The van der Waals surface area contributed by atoms with E-state index in [1.807, 2.05) is 6.08 Å². The number of rotatable bonds is 9. The lowest BCUT2D eigenvalue weighted by Gasteiger charge is -2.22. The number of hydrogen-bond donors (Lipinski definition) is 0. The quantitative estimate of drug-likeness (QED) is 0.267. The van der Waals surface area contributed by atoms with Crippen LogP contribution in [0.3, 0.4) is 0 Å². The number of allylic oxidation sites excluding steroid dienone is 7. The Bertz CT molecular complexity index is 516. The van der Waals surface area contributed by atoms with Crippen LogP contribution in [0.25, 0.3) is 0 Å². The first kappa shape index (κ1) is 19.7. The fourth-order valence-corrected chi connectivity index (χ4v) is 3.60. The third-order valence-corrected chi connectivity index (χ3v) is 5.05. The molecule has 1 heteroatoms. The first-order chi connectivity index (χ1) is 10.9. The summed E-state index contributed by atoms with van der Waals surface area (Å²) < 4.78 is 0. The minimum atomic E-state index is 0.121. The van der Waals surface area contributed by atoms with Gasteiger partial charge in [0.25, 0.3) is 0 Å². The molecule has 0 radical (unpaired) electrons. The summed E-state index contributed by atoms with van der Waals surface area (Å²) in [6, 6.07) is 0. The van der Waals surface area contributed by atoms with E-state index in [2.05, 4.69) is 40.3 Å². The Hall–Kier alpha value is -1.37. The first-order valence-electron chi connectivity index (χ1n) is 9.11. The predicted octanol–water partition coefficient (Wildman–Crippen LogP) is 6.58. The SMILES string of the molecule is C=C/C(=C\C(C)=O)C(CC)CCCCC1=CC(C)CC(C)=C1C. The van der Waals surface area contributed by atoms with E-state index in [1.165, 1.54) is 31.3 Å². The van der Waals surface area contributed by atoms with E-state index < -0.39 is 0 Å². The van der Waals surface area contributed by atoms with Crippen molar-refractivity contribution in [1.29, 1.82) is 0 Å². The number of hydrogen-bond acceptors (Lipinski definition) is 1. The van der Waals surface area contributed by atoms with Gasteiger partial charge in [0.1, 0.15) is 0 Å². The fraction of sp³-hybridized carbons (Fsp3) is 0.591. The topological polar surface area (TPSA) is 17.1 Å². The molecule has 1 rings (SSSR count). The third-order valence-electron chi connectivity index (χ3n) is 5.05. The Balaban J connectivity index is 2.53. The van der Waals surface area contributed by atoms with Crippen LogP contribution in [0.1, 0.15) is 73.1 Å². The van der Waals surface area contributed by atoms with Gasteiger partial charge in [-0.2, -0.15) is 0 Å². The number of carbonyl (C=O) groups is 1. The first-order valence-corrected chi connectivity index (χ1v) is 9.11. The van der Waals surface area contributed by atoms with Gasteiger partial charge in [0, 0.05) is 0 Å². The molecule has 0 bridgehead atoms. The molecule has 1 aliphatic carbocycles. The summed E-state index contributed by atoms with van der Waals surface area (Å²) in [5, 5.41) is 0. The van der Waals surface area contributed by atoms with Crippen LogP contribution in [0, 0.1) is 11.8 Å². The highest BCUT2D eigenvalue weighted by Gasteiger charge is 2.15. The van der Waals surface area contributed by atoms with Gasteiger partial charge in [-0.1, -0.05) is 44.6 Å². The van der Waals surface area contributed by atoms with Crippen molar-refractivity contribution >= 4 is 5.78 Å². The molecule has 2 unspecified atom stereocenters. The van der Waals surface area contributed by atoms with Crippen molar-refractivity contribution in [3.8, 4) is 0 Å². The molecule has 0 aromatic carbocycles. The summed E-state index contributed by atoms with van der Waals surface area (Å²) in [7, 11) is 0. The summed E-state index contributed by atoms with van der Waals surface area (Å²) in [6.07, 6.45) is 13.1. The smallest absolute Gasteiger partial charge is 0.152 e. The van der Waals surface area contributed by atoms with E-state index in [1.54, 1.807) is 24.1 Å². The molecule has 0 saturated carbocycles. The van der Waals surface area contributed by atoms with Crippen molar-refractivity contribution in [3.05, 3.63) is 47.1 Å². The summed E-state index contributed by atoms with van der Waals surface area (Å²) in [6.45, 7) is 14.5. The molecule has 0 aliphatic heterocycles. The van der Waals surface area contributed by atoms with E-state index in [0.29, 0.717) is 11.8 Å². The zero-order chi connectivity index (χ0) is 17.4. The largest absolute Gasteiger partial charge is 0.295 e. The molecule has 23 heavy (non-hydrogen) atoms. The van der Waals surface area contributed by atoms with Crippen LogP contribution in [0.15, 0.2) is 47.1 Å². The summed E-state index contributed by atoms with van der Waals surface area (Å²) in [5.41, 5.74) is 5.73. The minimum Gasteiger partial charge on any atom is -0.295 e.